The summed E-state index contributed by atoms with van der Waals surface area (Å²) in [5.41, 5.74) is -0.948. The van der Waals surface area contributed by atoms with Crippen LogP contribution in [0.4, 0.5) is 0 Å². The molecule has 0 amide bonds. The van der Waals surface area contributed by atoms with Crippen molar-refractivity contribution >= 4 is 29.2 Å². The molecule has 0 aliphatic rings. The van der Waals surface area contributed by atoms with Crippen molar-refractivity contribution < 1.29 is 9.90 Å². The summed E-state index contributed by atoms with van der Waals surface area (Å²) >= 11 is 7.16. The Balaban J connectivity index is 2.62. The first-order chi connectivity index (χ1) is 6.03. The molecule has 0 aromatic carbocycles. The third kappa shape index (κ3) is 3.46. The molecule has 4 heteroatoms. The molecule has 1 heterocycles. The average Bonchev–Trinajstić information content (AvgIpc) is 2.34. The second-order valence-electron chi connectivity index (χ2n) is 3.25. The van der Waals surface area contributed by atoms with Gasteiger partial charge in [-0.25, -0.2) is 0 Å². The van der Waals surface area contributed by atoms with Gasteiger partial charge < -0.3 is 9.90 Å². The Labute approximate surface area is 86.2 Å². The first-order valence-electron chi connectivity index (χ1n) is 3.94. The molecule has 1 N–H and O–H groups in total. The van der Waals surface area contributed by atoms with Crippen molar-refractivity contribution in [1.29, 1.82) is 0 Å². The molecule has 13 heavy (non-hydrogen) atoms. The van der Waals surface area contributed by atoms with Crippen LogP contribution in [0.15, 0.2) is 12.1 Å². The minimum absolute atomic E-state index is 0.155. The van der Waals surface area contributed by atoms with E-state index in [1.54, 1.807) is 13.0 Å². The van der Waals surface area contributed by atoms with Crippen LogP contribution in [0, 0.1) is 0 Å². The van der Waals surface area contributed by atoms with Gasteiger partial charge in [0.2, 0.25) is 0 Å². The summed E-state index contributed by atoms with van der Waals surface area (Å²) in [6.45, 7) is 1.65. The van der Waals surface area contributed by atoms with Crippen LogP contribution >= 0.6 is 22.9 Å². The van der Waals surface area contributed by atoms with Gasteiger partial charge in [-0.1, -0.05) is 11.6 Å². The van der Waals surface area contributed by atoms with Crippen molar-refractivity contribution in [3.05, 3.63) is 21.3 Å². The zero-order valence-corrected chi connectivity index (χ0v) is 8.86. The van der Waals surface area contributed by atoms with Gasteiger partial charge in [-0.2, -0.15) is 0 Å². The Morgan fingerprint density at radius 1 is 1.69 bits per heavy atom. The number of carbonyl (C=O) groups is 1. The maximum absolute atomic E-state index is 10.2. The topological polar surface area (TPSA) is 37.3 Å². The Hall–Kier alpha value is -0.380. The molecule has 1 atom stereocenters. The van der Waals surface area contributed by atoms with Gasteiger partial charge in [0.05, 0.1) is 9.94 Å². The normalized spacial score (nSPS) is 15.3. The maximum atomic E-state index is 10.2. The number of halogens is 1. The van der Waals surface area contributed by atoms with Crippen LogP contribution < -0.4 is 0 Å². The summed E-state index contributed by atoms with van der Waals surface area (Å²) in [6.07, 6.45) is 1.36. The Morgan fingerprint density at radius 2 is 2.38 bits per heavy atom. The van der Waals surface area contributed by atoms with Crippen LogP contribution in [0.25, 0.3) is 0 Å². The van der Waals surface area contributed by atoms with E-state index in [4.69, 9.17) is 11.6 Å². The SMILES string of the molecule is CC(O)(CC=O)Cc1ccc(Cl)s1. The fourth-order valence-electron chi connectivity index (χ4n) is 1.07. The molecule has 1 aromatic heterocycles. The van der Waals surface area contributed by atoms with Crippen molar-refractivity contribution in [2.45, 2.75) is 25.4 Å². The molecule has 0 aliphatic carbocycles. The largest absolute Gasteiger partial charge is 0.389 e. The van der Waals surface area contributed by atoms with Crippen molar-refractivity contribution in [1.82, 2.24) is 0 Å². The molecule has 1 rings (SSSR count). The highest BCUT2D eigenvalue weighted by atomic mass is 35.5. The second-order valence-corrected chi connectivity index (χ2v) is 5.05. The smallest absolute Gasteiger partial charge is 0.122 e. The quantitative estimate of drug-likeness (QED) is 0.788. The molecule has 0 spiro atoms. The van der Waals surface area contributed by atoms with E-state index in [1.165, 1.54) is 11.3 Å². The molecule has 0 saturated carbocycles. The first kappa shape index (κ1) is 10.7. The maximum Gasteiger partial charge on any atom is 0.122 e. The summed E-state index contributed by atoms with van der Waals surface area (Å²) in [4.78, 5) is 11.2. The van der Waals surface area contributed by atoms with Crippen LogP contribution in [0.1, 0.15) is 18.2 Å². The number of aliphatic hydroxyl groups is 1. The summed E-state index contributed by atoms with van der Waals surface area (Å²) in [5.74, 6) is 0. The van der Waals surface area contributed by atoms with Gasteiger partial charge in [-0.05, 0) is 19.1 Å². The minimum atomic E-state index is -0.948. The molecule has 0 aliphatic heterocycles. The molecule has 2 nitrogen and oxygen atoms in total. The number of rotatable bonds is 4. The molecular weight excluding hydrogens is 208 g/mol. The lowest BCUT2D eigenvalue weighted by molar-refractivity contribution is -0.111. The predicted octanol–water partition coefficient (Wildman–Crippen LogP) is 2.28. The van der Waals surface area contributed by atoms with E-state index in [-0.39, 0.29) is 6.42 Å². The fraction of sp³-hybridized carbons (Fsp3) is 0.444. The van der Waals surface area contributed by atoms with Crippen molar-refractivity contribution in [2.75, 3.05) is 0 Å². The molecule has 0 fully saturated rings. The third-order valence-corrected chi connectivity index (χ3v) is 2.94. The second kappa shape index (κ2) is 4.22. The van der Waals surface area contributed by atoms with Gasteiger partial charge in [-0.3, -0.25) is 0 Å². The Morgan fingerprint density at radius 3 is 2.85 bits per heavy atom. The van der Waals surface area contributed by atoms with Gasteiger partial charge in [0, 0.05) is 17.7 Å². The first-order valence-corrected chi connectivity index (χ1v) is 5.13. The van der Waals surface area contributed by atoms with Crippen molar-refractivity contribution in [3.8, 4) is 0 Å². The number of carbonyl (C=O) groups excluding carboxylic acids is 1. The summed E-state index contributed by atoms with van der Waals surface area (Å²) in [5, 5.41) is 9.71. The Kier molecular flexibility index (Phi) is 3.47. The third-order valence-electron chi connectivity index (χ3n) is 1.71. The molecule has 1 unspecified atom stereocenters. The van der Waals surface area contributed by atoms with E-state index in [2.05, 4.69) is 0 Å². The fourth-order valence-corrected chi connectivity index (χ4v) is 2.34. The van der Waals surface area contributed by atoms with E-state index in [1.807, 2.05) is 6.07 Å². The lowest BCUT2D eigenvalue weighted by Gasteiger charge is -2.18. The highest BCUT2D eigenvalue weighted by molar-refractivity contribution is 7.16. The number of hydrogen-bond donors (Lipinski definition) is 1. The van der Waals surface area contributed by atoms with Crippen LogP contribution in [-0.4, -0.2) is 17.0 Å². The zero-order chi connectivity index (χ0) is 9.90. The highest BCUT2D eigenvalue weighted by Gasteiger charge is 2.20. The van der Waals surface area contributed by atoms with Crippen molar-refractivity contribution in [2.24, 2.45) is 0 Å². The molecule has 1 aromatic rings. The molecule has 0 bridgehead atoms. The zero-order valence-electron chi connectivity index (χ0n) is 7.29. The van der Waals surface area contributed by atoms with Gasteiger partial charge in [0.15, 0.2) is 0 Å². The number of thiophene rings is 1. The Bertz CT molecular complexity index is 294. The molecule has 72 valence electrons. The van der Waals surface area contributed by atoms with Gasteiger partial charge in [-0.15, -0.1) is 11.3 Å². The lowest BCUT2D eigenvalue weighted by Crippen LogP contribution is -2.27. The van der Waals surface area contributed by atoms with E-state index in [0.29, 0.717) is 10.8 Å². The predicted molar refractivity (Wildman–Crippen MR) is 54.3 cm³/mol. The van der Waals surface area contributed by atoms with Crippen LogP contribution in [0.5, 0.6) is 0 Å². The van der Waals surface area contributed by atoms with E-state index < -0.39 is 5.60 Å². The van der Waals surface area contributed by atoms with Gasteiger partial charge in [0.1, 0.15) is 6.29 Å². The summed E-state index contributed by atoms with van der Waals surface area (Å²) in [6, 6.07) is 3.66. The standard InChI is InChI=1S/C9H11ClO2S/c1-9(12,4-5-11)6-7-2-3-8(10)13-7/h2-3,5,12H,4,6H2,1H3. The monoisotopic (exact) mass is 218 g/mol. The number of hydrogen-bond acceptors (Lipinski definition) is 3. The molecular formula is C9H11ClO2S. The van der Waals surface area contributed by atoms with E-state index >= 15 is 0 Å². The lowest BCUT2D eigenvalue weighted by atomic mass is 9.98. The molecule has 0 saturated heterocycles. The minimum Gasteiger partial charge on any atom is -0.389 e. The summed E-state index contributed by atoms with van der Waals surface area (Å²) in [7, 11) is 0. The van der Waals surface area contributed by atoms with Crippen LogP contribution in [0.2, 0.25) is 4.34 Å². The number of aldehydes is 1. The molecule has 0 radical (unpaired) electrons. The van der Waals surface area contributed by atoms with Crippen LogP contribution in [-0.2, 0) is 11.2 Å². The van der Waals surface area contributed by atoms with E-state index in [9.17, 15) is 9.90 Å². The summed E-state index contributed by atoms with van der Waals surface area (Å²) < 4.78 is 0.705. The highest BCUT2D eigenvalue weighted by Crippen LogP contribution is 2.25. The average molecular weight is 219 g/mol. The van der Waals surface area contributed by atoms with E-state index in [0.717, 1.165) is 11.2 Å². The van der Waals surface area contributed by atoms with Crippen LogP contribution in [0.3, 0.4) is 0 Å². The van der Waals surface area contributed by atoms with Gasteiger partial charge in [0.25, 0.3) is 0 Å². The van der Waals surface area contributed by atoms with Gasteiger partial charge >= 0.3 is 0 Å². The van der Waals surface area contributed by atoms with Crippen molar-refractivity contribution in [3.63, 3.8) is 0 Å².